The van der Waals surface area contributed by atoms with Gasteiger partial charge in [0, 0.05) is 53.8 Å². The van der Waals surface area contributed by atoms with E-state index in [9.17, 15) is 14.4 Å². The van der Waals surface area contributed by atoms with E-state index in [2.05, 4.69) is 33.6 Å². The van der Waals surface area contributed by atoms with E-state index in [1.54, 1.807) is 4.90 Å². The fourth-order valence-corrected chi connectivity index (χ4v) is 4.93. The second kappa shape index (κ2) is 7.16. The van der Waals surface area contributed by atoms with Gasteiger partial charge < -0.3 is 9.88 Å². The maximum absolute atomic E-state index is 13.0. The molecule has 1 atom stereocenters. The molecule has 1 fully saturated rings. The van der Waals surface area contributed by atoms with Crippen molar-refractivity contribution in [3.63, 3.8) is 0 Å². The number of benzene rings is 2. The summed E-state index contributed by atoms with van der Waals surface area (Å²) in [6.07, 6.45) is 4.36. The summed E-state index contributed by atoms with van der Waals surface area (Å²) >= 11 is 0. The zero-order valence-corrected chi connectivity index (χ0v) is 18.0. The molecule has 164 valence electrons. The Morgan fingerprint density at radius 2 is 1.85 bits per heavy atom. The largest absolute Gasteiger partial charge is 0.361 e. The van der Waals surface area contributed by atoms with Gasteiger partial charge in [-0.15, -0.1) is 0 Å². The van der Waals surface area contributed by atoms with Crippen molar-refractivity contribution in [1.29, 1.82) is 0 Å². The van der Waals surface area contributed by atoms with Gasteiger partial charge in [0.15, 0.2) is 0 Å². The minimum atomic E-state index is -0.618. The number of hydrogen-bond donors (Lipinski definition) is 2. The SMILES string of the molecule is Cn1ncc(-c2ccc3c(c2)CN([C@H]2CCC(=O)NC2=O)C3=O)c1-c1ccc2[nH]ccc2c1. The van der Waals surface area contributed by atoms with Crippen LogP contribution >= 0.6 is 0 Å². The highest BCUT2D eigenvalue weighted by Gasteiger charge is 2.39. The second-order valence-electron chi connectivity index (χ2n) is 8.58. The summed E-state index contributed by atoms with van der Waals surface area (Å²) < 4.78 is 1.86. The minimum absolute atomic E-state index is 0.171. The van der Waals surface area contributed by atoms with Gasteiger partial charge in [-0.25, -0.2) is 0 Å². The van der Waals surface area contributed by atoms with Crippen LogP contribution < -0.4 is 5.32 Å². The summed E-state index contributed by atoms with van der Waals surface area (Å²) in [5.74, 6) is -0.859. The van der Waals surface area contributed by atoms with Crippen molar-refractivity contribution in [2.75, 3.05) is 0 Å². The van der Waals surface area contributed by atoms with Crippen molar-refractivity contribution in [3.05, 3.63) is 66.0 Å². The Morgan fingerprint density at radius 1 is 1.00 bits per heavy atom. The summed E-state index contributed by atoms with van der Waals surface area (Å²) in [6.45, 7) is 0.346. The number of aromatic nitrogens is 3. The van der Waals surface area contributed by atoms with E-state index in [-0.39, 0.29) is 18.2 Å². The number of piperidine rings is 1. The van der Waals surface area contributed by atoms with Crippen LogP contribution in [-0.2, 0) is 23.2 Å². The highest BCUT2D eigenvalue weighted by molar-refractivity contribution is 6.05. The second-order valence-corrected chi connectivity index (χ2v) is 8.58. The van der Waals surface area contributed by atoms with Gasteiger partial charge in [-0.05, 0) is 47.9 Å². The van der Waals surface area contributed by atoms with Gasteiger partial charge in [0.1, 0.15) is 6.04 Å². The Bertz CT molecular complexity index is 1460. The first-order valence-electron chi connectivity index (χ1n) is 10.9. The molecule has 8 nitrogen and oxygen atoms in total. The first-order valence-corrected chi connectivity index (χ1v) is 10.9. The molecule has 0 aliphatic carbocycles. The van der Waals surface area contributed by atoms with Crippen molar-refractivity contribution < 1.29 is 14.4 Å². The van der Waals surface area contributed by atoms with Crippen molar-refractivity contribution in [1.82, 2.24) is 25.0 Å². The predicted octanol–water partition coefficient (Wildman–Crippen LogP) is 3.00. The highest BCUT2D eigenvalue weighted by Crippen LogP contribution is 2.36. The average Bonchev–Trinajstić information content (AvgIpc) is 3.50. The van der Waals surface area contributed by atoms with Crippen LogP contribution in [0.5, 0.6) is 0 Å². The summed E-state index contributed by atoms with van der Waals surface area (Å²) in [6, 6.07) is 13.4. The summed E-state index contributed by atoms with van der Waals surface area (Å²) in [5, 5.41) is 7.97. The average molecular weight is 439 g/mol. The number of rotatable bonds is 3. The highest BCUT2D eigenvalue weighted by atomic mass is 16.2. The van der Waals surface area contributed by atoms with Crippen molar-refractivity contribution >= 4 is 28.6 Å². The molecule has 2 aliphatic heterocycles. The molecule has 0 radical (unpaired) electrons. The molecule has 2 aromatic carbocycles. The van der Waals surface area contributed by atoms with Crippen LogP contribution in [0.25, 0.3) is 33.3 Å². The number of amides is 3. The molecule has 8 heteroatoms. The van der Waals surface area contributed by atoms with E-state index in [0.717, 1.165) is 38.9 Å². The quantitative estimate of drug-likeness (QED) is 0.479. The Hall–Kier alpha value is -4.20. The monoisotopic (exact) mass is 439 g/mol. The van der Waals surface area contributed by atoms with E-state index in [1.165, 1.54) is 0 Å². The summed E-state index contributed by atoms with van der Waals surface area (Å²) in [5.41, 5.74) is 6.53. The smallest absolute Gasteiger partial charge is 0.255 e. The van der Waals surface area contributed by atoms with E-state index in [0.29, 0.717) is 18.5 Å². The van der Waals surface area contributed by atoms with Crippen LogP contribution in [0, 0.1) is 0 Å². The summed E-state index contributed by atoms with van der Waals surface area (Å²) in [7, 11) is 1.92. The van der Waals surface area contributed by atoms with E-state index < -0.39 is 11.9 Å². The van der Waals surface area contributed by atoms with E-state index in [1.807, 2.05) is 48.4 Å². The first kappa shape index (κ1) is 19.5. The van der Waals surface area contributed by atoms with E-state index in [4.69, 9.17) is 0 Å². The molecule has 4 aromatic rings. The zero-order valence-electron chi connectivity index (χ0n) is 18.0. The molecular formula is C25H21N5O3. The third-order valence-corrected chi connectivity index (χ3v) is 6.60. The number of nitrogens with one attached hydrogen (secondary N) is 2. The molecule has 0 unspecified atom stereocenters. The maximum atomic E-state index is 13.0. The Balaban J connectivity index is 1.36. The molecule has 2 aromatic heterocycles. The van der Waals surface area contributed by atoms with Gasteiger partial charge >= 0.3 is 0 Å². The molecule has 33 heavy (non-hydrogen) atoms. The number of carbonyl (C=O) groups is 3. The molecule has 4 heterocycles. The Morgan fingerprint density at radius 3 is 2.70 bits per heavy atom. The van der Waals surface area contributed by atoms with E-state index >= 15 is 0 Å². The number of nitrogens with zero attached hydrogens (tertiary/aromatic N) is 3. The normalized spacial score (nSPS) is 18.2. The van der Waals surface area contributed by atoms with Crippen molar-refractivity contribution in [3.8, 4) is 22.4 Å². The lowest BCUT2D eigenvalue weighted by atomic mass is 9.97. The van der Waals surface area contributed by atoms with Crippen LogP contribution in [0.15, 0.2) is 54.9 Å². The maximum Gasteiger partial charge on any atom is 0.255 e. The number of fused-ring (bicyclic) bond motifs is 2. The van der Waals surface area contributed by atoms with Crippen molar-refractivity contribution in [2.45, 2.75) is 25.4 Å². The third-order valence-electron chi connectivity index (χ3n) is 6.60. The molecule has 6 rings (SSSR count). The molecule has 1 saturated heterocycles. The topological polar surface area (TPSA) is 100 Å². The van der Waals surface area contributed by atoms with Crippen LogP contribution in [0.3, 0.4) is 0 Å². The lowest BCUT2D eigenvalue weighted by Gasteiger charge is -2.29. The Labute approximate surface area is 189 Å². The molecule has 2 aliphatic rings. The number of aryl methyl sites for hydroxylation is 1. The van der Waals surface area contributed by atoms with Crippen LogP contribution in [0.1, 0.15) is 28.8 Å². The lowest BCUT2D eigenvalue weighted by Crippen LogP contribution is -2.52. The molecule has 2 N–H and O–H groups in total. The van der Waals surface area contributed by atoms with Crippen LogP contribution in [-0.4, -0.2) is 43.4 Å². The fourth-order valence-electron chi connectivity index (χ4n) is 4.93. The minimum Gasteiger partial charge on any atom is -0.361 e. The molecule has 0 spiro atoms. The number of aromatic amines is 1. The van der Waals surface area contributed by atoms with Crippen LogP contribution in [0.4, 0.5) is 0 Å². The van der Waals surface area contributed by atoms with Gasteiger partial charge in [-0.3, -0.25) is 24.4 Å². The first-order chi connectivity index (χ1) is 16.0. The number of hydrogen-bond acceptors (Lipinski definition) is 4. The summed E-state index contributed by atoms with van der Waals surface area (Å²) in [4.78, 5) is 41.6. The Kier molecular flexibility index (Phi) is 4.23. The molecular weight excluding hydrogens is 418 g/mol. The number of carbonyl (C=O) groups excluding carboxylic acids is 3. The van der Waals surface area contributed by atoms with Gasteiger partial charge in [0.05, 0.1) is 11.9 Å². The zero-order chi connectivity index (χ0) is 22.7. The number of imide groups is 1. The molecule has 0 saturated carbocycles. The third kappa shape index (κ3) is 3.06. The fraction of sp³-hybridized carbons (Fsp3) is 0.200. The predicted molar refractivity (Wildman–Crippen MR) is 122 cm³/mol. The van der Waals surface area contributed by atoms with Gasteiger partial charge in [-0.1, -0.05) is 12.1 Å². The molecule has 3 amide bonds. The van der Waals surface area contributed by atoms with Crippen LogP contribution in [0.2, 0.25) is 0 Å². The number of H-pyrrole nitrogens is 1. The standard InChI is InChI=1S/C25H21N5O3/c1-29-23(16-3-5-20-15(11-16)8-9-26-20)19(12-27-29)14-2-4-18-17(10-14)13-30(25(18)33)21-6-7-22(31)28-24(21)32/h2-5,8-12,21,26H,6-7,13H2,1H3,(H,28,31,32)/t21-/m0/s1. The van der Waals surface area contributed by atoms with Crippen molar-refractivity contribution in [2.24, 2.45) is 7.05 Å². The van der Waals surface area contributed by atoms with Gasteiger partial charge in [0.25, 0.3) is 5.91 Å². The lowest BCUT2D eigenvalue weighted by molar-refractivity contribution is -0.136. The molecule has 0 bridgehead atoms. The van der Waals surface area contributed by atoms with Gasteiger partial charge in [0.2, 0.25) is 11.8 Å². The van der Waals surface area contributed by atoms with Gasteiger partial charge in [-0.2, -0.15) is 5.10 Å².